The molecule has 6 heteroatoms. The molecular formula is C16H22N4OS. The van der Waals surface area contributed by atoms with Gasteiger partial charge >= 0.3 is 0 Å². The summed E-state index contributed by atoms with van der Waals surface area (Å²) in [5.41, 5.74) is 1.18. The Balaban J connectivity index is 1.90. The highest BCUT2D eigenvalue weighted by molar-refractivity contribution is 7.20. The van der Waals surface area contributed by atoms with Gasteiger partial charge in [-0.25, -0.2) is 4.98 Å². The van der Waals surface area contributed by atoms with E-state index >= 15 is 0 Å². The molecule has 118 valence electrons. The second-order valence-electron chi connectivity index (χ2n) is 5.95. The Morgan fingerprint density at radius 3 is 3.14 bits per heavy atom. The Labute approximate surface area is 134 Å². The van der Waals surface area contributed by atoms with Gasteiger partial charge in [0.1, 0.15) is 4.83 Å². The van der Waals surface area contributed by atoms with Gasteiger partial charge in [0.05, 0.1) is 4.88 Å². The van der Waals surface area contributed by atoms with Gasteiger partial charge in [-0.3, -0.25) is 4.79 Å². The van der Waals surface area contributed by atoms with E-state index in [9.17, 15) is 4.79 Å². The minimum absolute atomic E-state index is 0.0340. The van der Waals surface area contributed by atoms with Crippen LogP contribution in [0.4, 0.5) is 0 Å². The lowest BCUT2D eigenvalue weighted by molar-refractivity contribution is 0.0954. The molecule has 1 amide bonds. The highest BCUT2D eigenvalue weighted by Crippen LogP contribution is 2.37. The van der Waals surface area contributed by atoms with E-state index in [0.29, 0.717) is 12.5 Å². The van der Waals surface area contributed by atoms with Crippen molar-refractivity contribution >= 4 is 27.5 Å². The molecule has 2 N–H and O–H groups in total. The maximum absolute atomic E-state index is 12.6. The second kappa shape index (κ2) is 6.73. The standard InChI is InChI=1S/C16H22N4OS/c1-20(2)9-8-18-15(21)14-13(11-5-7-17-10-11)12-4-3-6-19-16(12)22-14/h3-4,6,11,17H,5,7-10H2,1-2H3,(H,18,21). The third kappa shape index (κ3) is 3.14. The highest BCUT2D eigenvalue weighted by Gasteiger charge is 2.27. The van der Waals surface area contributed by atoms with Crippen LogP contribution in [0.2, 0.25) is 0 Å². The van der Waals surface area contributed by atoms with Crippen LogP contribution in [0.3, 0.4) is 0 Å². The number of amides is 1. The molecule has 0 aliphatic carbocycles. The van der Waals surface area contributed by atoms with Crippen LogP contribution in [-0.2, 0) is 0 Å². The Morgan fingerprint density at radius 1 is 1.55 bits per heavy atom. The number of carbonyl (C=O) groups is 1. The molecule has 0 saturated carbocycles. The van der Waals surface area contributed by atoms with Crippen molar-refractivity contribution in [2.45, 2.75) is 12.3 Å². The number of likely N-dealkylation sites (N-methyl/N-ethyl adjacent to an activating group) is 1. The van der Waals surface area contributed by atoms with Gasteiger partial charge in [0.15, 0.2) is 0 Å². The summed E-state index contributed by atoms with van der Waals surface area (Å²) < 4.78 is 0. The summed E-state index contributed by atoms with van der Waals surface area (Å²) in [5, 5.41) is 7.57. The van der Waals surface area contributed by atoms with E-state index in [1.54, 1.807) is 6.20 Å². The molecule has 0 spiro atoms. The average Bonchev–Trinajstić information content (AvgIpc) is 3.13. The van der Waals surface area contributed by atoms with Gasteiger partial charge in [-0.1, -0.05) is 6.07 Å². The second-order valence-corrected chi connectivity index (χ2v) is 6.95. The zero-order valence-electron chi connectivity index (χ0n) is 13.1. The molecule has 0 aromatic carbocycles. The normalized spacial score (nSPS) is 18.2. The van der Waals surface area contributed by atoms with Crippen molar-refractivity contribution in [1.82, 2.24) is 20.5 Å². The van der Waals surface area contributed by atoms with Gasteiger partial charge < -0.3 is 15.5 Å². The molecule has 22 heavy (non-hydrogen) atoms. The van der Waals surface area contributed by atoms with E-state index in [0.717, 1.165) is 41.1 Å². The van der Waals surface area contributed by atoms with Gasteiger partial charge in [-0.05, 0) is 44.6 Å². The highest BCUT2D eigenvalue weighted by atomic mass is 32.1. The topological polar surface area (TPSA) is 57.3 Å². The van der Waals surface area contributed by atoms with Crippen LogP contribution < -0.4 is 10.6 Å². The van der Waals surface area contributed by atoms with E-state index in [1.807, 2.05) is 20.2 Å². The quantitative estimate of drug-likeness (QED) is 0.880. The lowest BCUT2D eigenvalue weighted by atomic mass is 9.95. The van der Waals surface area contributed by atoms with Gasteiger partial charge in [0.25, 0.3) is 5.91 Å². The van der Waals surface area contributed by atoms with E-state index in [-0.39, 0.29) is 5.91 Å². The number of thiophene rings is 1. The van der Waals surface area contributed by atoms with Gasteiger partial charge in [0, 0.05) is 31.2 Å². The summed E-state index contributed by atoms with van der Waals surface area (Å²) in [5.74, 6) is 0.444. The largest absolute Gasteiger partial charge is 0.350 e. The van der Waals surface area contributed by atoms with Crippen molar-refractivity contribution in [3.63, 3.8) is 0 Å². The molecule has 1 fully saturated rings. The average molecular weight is 318 g/mol. The minimum Gasteiger partial charge on any atom is -0.350 e. The number of nitrogens with one attached hydrogen (secondary N) is 2. The van der Waals surface area contributed by atoms with E-state index < -0.39 is 0 Å². The number of nitrogens with zero attached hydrogens (tertiary/aromatic N) is 2. The molecule has 2 aromatic rings. The summed E-state index contributed by atoms with van der Waals surface area (Å²) in [6.45, 7) is 3.47. The smallest absolute Gasteiger partial charge is 0.261 e. The molecule has 1 unspecified atom stereocenters. The van der Waals surface area contributed by atoms with Crippen LogP contribution in [0.1, 0.15) is 27.6 Å². The summed E-state index contributed by atoms with van der Waals surface area (Å²) in [7, 11) is 4.01. The van der Waals surface area contributed by atoms with Gasteiger partial charge in [-0.15, -0.1) is 11.3 Å². The number of hydrogen-bond donors (Lipinski definition) is 2. The van der Waals surface area contributed by atoms with Crippen LogP contribution in [-0.4, -0.2) is 56.1 Å². The molecule has 3 rings (SSSR count). The molecule has 1 aliphatic rings. The van der Waals surface area contributed by atoms with Crippen LogP contribution in [0, 0.1) is 0 Å². The number of rotatable bonds is 5. The fourth-order valence-electron chi connectivity index (χ4n) is 2.90. The van der Waals surface area contributed by atoms with Crippen molar-refractivity contribution in [2.75, 3.05) is 40.3 Å². The zero-order valence-corrected chi connectivity index (χ0v) is 13.9. The summed E-state index contributed by atoms with van der Waals surface area (Å²) >= 11 is 1.51. The number of carbonyl (C=O) groups excluding carboxylic acids is 1. The molecular weight excluding hydrogens is 296 g/mol. The first kappa shape index (κ1) is 15.4. The molecule has 3 heterocycles. The zero-order chi connectivity index (χ0) is 15.5. The third-order valence-electron chi connectivity index (χ3n) is 4.02. The first-order valence-corrected chi connectivity index (χ1v) is 8.49. The van der Waals surface area contributed by atoms with E-state index in [2.05, 4.69) is 26.6 Å². The van der Waals surface area contributed by atoms with Crippen LogP contribution in [0.15, 0.2) is 18.3 Å². The number of pyridine rings is 1. The fourth-order valence-corrected chi connectivity index (χ4v) is 4.05. The fraction of sp³-hybridized carbons (Fsp3) is 0.500. The van der Waals surface area contributed by atoms with Crippen LogP contribution >= 0.6 is 11.3 Å². The molecule has 2 aromatic heterocycles. The van der Waals surface area contributed by atoms with Crippen molar-refractivity contribution in [3.05, 3.63) is 28.8 Å². The summed E-state index contributed by atoms with van der Waals surface area (Å²) in [6.07, 6.45) is 2.88. The Hall–Kier alpha value is -1.50. The Kier molecular flexibility index (Phi) is 4.71. The molecule has 5 nitrogen and oxygen atoms in total. The van der Waals surface area contributed by atoms with Crippen molar-refractivity contribution < 1.29 is 4.79 Å². The van der Waals surface area contributed by atoms with Crippen molar-refractivity contribution in [3.8, 4) is 0 Å². The van der Waals surface area contributed by atoms with E-state index in [4.69, 9.17) is 0 Å². The predicted octanol–water partition coefficient (Wildman–Crippen LogP) is 1.66. The lowest BCUT2D eigenvalue weighted by Crippen LogP contribution is -2.31. The Bertz CT molecular complexity index is 661. The minimum atomic E-state index is 0.0340. The molecule has 1 atom stereocenters. The predicted molar refractivity (Wildman–Crippen MR) is 90.7 cm³/mol. The van der Waals surface area contributed by atoms with Crippen molar-refractivity contribution in [1.29, 1.82) is 0 Å². The third-order valence-corrected chi connectivity index (χ3v) is 5.15. The van der Waals surface area contributed by atoms with Crippen LogP contribution in [0.25, 0.3) is 10.2 Å². The van der Waals surface area contributed by atoms with Crippen LogP contribution in [0.5, 0.6) is 0 Å². The van der Waals surface area contributed by atoms with Crippen molar-refractivity contribution in [2.24, 2.45) is 0 Å². The Morgan fingerprint density at radius 2 is 2.41 bits per heavy atom. The first-order valence-electron chi connectivity index (χ1n) is 7.68. The molecule has 0 bridgehead atoms. The van der Waals surface area contributed by atoms with Gasteiger partial charge in [-0.2, -0.15) is 0 Å². The van der Waals surface area contributed by atoms with E-state index in [1.165, 1.54) is 16.9 Å². The lowest BCUT2D eigenvalue weighted by Gasteiger charge is -2.13. The maximum Gasteiger partial charge on any atom is 0.261 e. The van der Waals surface area contributed by atoms with Gasteiger partial charge in [0.2, 0.25) is 0 Å². The number of aromatic nitrogens is 1. The summed E-state index contributed by atoms with van der Waals surface area (Å²) in [6, 6.07) is 4.04. The molecule has 1 saturated heterocycles. The number of fused-ring (bicyclic) bond motifs is 1. The number of hydrogen-bond acceptors (Lipinski definition) is 5. The SMILES string of the molecule is CN(C)CCNC(=O)c1sc2ncccc2c1C1CCNC1. The molecule has 0 radical (unpaired) electrons. The summed E-state index contributed by atoms with van der Waals surface area (Å²) in [4.78, 5) is 20.9. The monoisotopic (exact) mass is 318 g/mol. The first-order chi connectivity index (χ1) is 10.7. The maximum atomic E-state index is 12.6. The molecule has 1 aliphatic heterocycles.